The smallest absolute Gasteiger partial charge is 0.0897 e. The Morgan fingerprint density at radius 2 is 1.48 bits per heavy atom. The van der Waals surface area contributed by atoms with Crippen LogP contribution < -0.4 is 0 Å². The normalized spacial score (nSPS) is 15.9. The zero-order valence-corrected chi connectivity index (χ0v) is 12.6. The number of nitrogens with zero attached hydrogens (tertiary/aromatic N) is 1. The van der Waals surface area contributed by atoms with E-state index in [4.69, 9.17) is 10.2 Å². The van der Waals surface area contributed by atoms with Gasteiger partial charge in [-0.25, -0.2) is 0 Å². The Hall–Kier alpha value is -0.980. The first-order valence-electron chi connectivity index (χ1n) is 7.42. The third-order valence-corrected chi connectivity index (χ3v) is 3.63. The molecule has 0 fully saturated rings. The largest absolute Gasteiger partial charge is 0.394 e. The molecule has 0 aliphatic rings. The summed E-state index contributed by atoms with van der Waals surface area (Å²) in [6, 6.07) is 10.3. The molecule has 120 valence electrons. The van der Waals surface area contributed by atoms with Crippen LogP contribution in [0.1, 0.15) is 18.9 Å². The van der Waals surface area contributed by atoms with Crippen molar-refractivity contribution in [3.8, 4) is 0 Å². The predicted octanol–water partition coefficient (Wildman–Crippen LogP) is 0.0161. The van der Waals surface area contributed by atoms with Crippen LogP contribution in [-0.2, 0) is 6.42 Å². The Morgan fingerprint density at radius 1 is 0.952 bits per heavy atom. The summed E-state index contributed by atoms with van der Waals surface area (Å²) in [4.78, 5) is 1.91. The van der Waals surface area contributed by atoms with Crippen molar-refractivity contribution in [2.75, 3.05) is 26.3 Å². The molecule has 21 heavy (non-hydrogen) atoms. The third-order valence-electron chi connectivity index (χ3n) is 3.63. The molecule has 0 aliphatic heterocycles. The predicted molar refractivity (Wildman–Crippen MR) is 82.0 cm³/mol. The van der Waals surface area contributed by atoms with Crippen molar-refractivity contribution in [2.24, 2.45) is 0 Å². The fraction of sp³-hybridized carbons (Fsp3) is 0.625. The molecule has 0 heterocycles. The van der Waals surface area contributed by atoms with Crippen molar-refractivity contribution in [3.63, 3.8) is 0 Å². The minimum atomic E-state index is -0.838. The first kappa shape index (κ1) is 18.1. The minimum Gasteiger partial charge on any atom is -0.394 e. The van der Waals surface area contributed by atoms with Crippen LogP contribution in [0.3, 0.4) is 0 Å². The summed E-state index contributed by atoms with van der Waals surface area (Å²) in [6.07, 6.45) is 0.105. The van der Waals surface area contributed by atoms with E-state index in [1.165, 1.54) is 5.56 Å². The molecule has 1 rings (SSSR count). The second kappa shape index (κ2) is 9.87. The molecular weight excluding hydrogens is 270 g/mol. The Balaban J connectivity index is 2.54. The summed E-state index contributed by atoms with van der Waals surface area (Å²) in [5.74, 6) is 0. The molecule has 4 N–H and O–H groups in total. The Kier molecular flexibility index (Phi) is 8.49. The molecule has 0 aliphatic carbocycles. The lowest BCUT2D eigenvalue weighted by atomic mass is 10.0. The Morgan fingerprint density at radius 3 is 1.95 bits per heavy atom. The van der Waals surface area contributed by atoms with E-state index >= 15 is 0 Å². The van der Waals surface area contributed by atoms with Crippen LogP contribution in [0.4, 0.5) is 0 Å². The van der Waals surface area contributed by atoms with Crippen LogP contribution in [-0.4, -0.2) is 69.9 Å². The lowest BCUT2D eigenvalue weighted by Gasteiger charge is -2.32. The van der Waals surface area contributed by atoms with Crippen LogP contribution in [0.5, 0.6) is 0 Å². The van der Waals surface area contributed by atoms with Gasteiger partial charge in [0.2, 0.25) is 0 Å². The maximum Gasteiger partial charge on any atom is 0.0897 e. The van der Waals surface area contributed by atoms with Gasteiger partial charge in [0.1, 0.15) is 0 Å². The first-order chi connectivity index (χ1) is 10.1. The Bertz CT molecular complexity index is 362. The topological polar surface area (TPSA) is 84.2 Å². The summed E-state index contributed by atoms with van der Waals surface area (Å²) < 4.78 is 0. The van der Waals surface area contributed by atoms with Crippen molar-refractivity contribution in [1.82, 2.24) is 4.90 Å². The monoisotopic (exact) mass is 297 g/mol. The number of hydrogen-bond donors (Lipinski definition) is 4. The molecule has 5 heteroatoms. The second-order valence-corrected chi connectivity index (χ2v) is 5.50. The SMILES string of the molecule is C[C@@H](CCc1ccccc1)N(C[C@H](O)CO)C[C@@H](O)CO. The van der Waals surface area contributed by atoms with E-state index in [9.17, 15) is 10.2 Å². The average molecular weight is 297 g/mol. The van der Waals surface area contributed by atoms with E-state index in [-0.39, 0.29) is 32.3 Å². The average Bonchev–Trinajstić information content (AvgIpc) is 2.52. The number of rotatable bonds is 10. The van der Waals surface area contributed by atoms with Crippen LogP contribution in [0.2, 0.25) is 0 Å². The number of aliphatic hydroxyl groups is 4. The van der Waals surface area contributed by atoms with E-state index in [1.54, 1.807) is 0 Å². The molecule has 0 bridgehead atoms. The van der Waals surface area contributed by atoms with E-state index in [0.717, 1.165) is 12.8 Å². The number of benzene rings is 1. The highest BCUT2D eigenvalue weighted by molar-refractivity contribution is 5.14. The van der Waals surface area contributed by atoms with Gasteiger partial charge in [0, 0.05) is 19.1 Å². The van der Waals surface area contributed by atoms with Gasteiger partial charge in [0.25, 0.3) is 0 Å². The fourth-order valence-electron chi connectivity index (χ4n) is 2.29. The highest BCUT2D eigenvalue weighted by Crippen LogP contribution is 2.11. The van der Waals surface area contributed by atoms with E-state index in [2.05, 4.69) is 12.1 Å². The molecule has 3 atom stereocenters. The lowest BCUT2D eigenvalue weighted by Crippen LogP contribution is -2.45. The number of hydrogen-bond acceptors (Lipinski definition) is 5. The van der Waals surface area contributed by atoms with E-state index < -0.39 is 12.2 Å². The van der Waals surface area contributed by atoms with Crippen LogP contribution in [0, 0.1) is 0 Å². The summed E-state index contributed by atoms with van der Waals surface area (Å²) in [6.45, 7) is 1.97. The third kappa shape index (κ3) is 7.02. The zero-order chi connectivity index (χ0) is 15.7. The first-order valence-corrected chi connectivity index (χ1v) is 7.42. The maximum atomic E-state index is 9.61. The van der Waals surface area contributed by atoms with Crippen LogP contribution in [0.25, 0.3) is 0 Å². The van der Waals surface area contributed by atoms with Gasteiger partial charge in [0.15, 0.2) is 0 Å². The quantitative estimate of drug-likeness (QED) is 0.489. The number of aliphatic hydroxyl groups excluding tert-OH is 4. The van der Waals surface area contributed by atoms with Gasteiger partial charge in [-0.15, -0.1) is 0 Å². The molecule has 0 amide bonds. The molecule has 1 aromatic rings. The highest BCUT2D eigenvalue weighted by Gasteiger charge is 2.20. The summed E-state index contributed by atoms with van der Waals surface area (Å²) in [7, 11) is 0. The van der Waals surface area contributed by atoms with Crippen molar-refractivity contribution in [2.45, 2.75) is 38.0 Å². The van der Waals surface area contributed by atoms with Gasteiger partial charge < -0.3 is 20.4 Å². The van der Waals surface area contributed by atoms with Gasteiger partial charge >= 0.3 is 0 Å². The summed E-state index contributed by atoms with van der Waals surface area (Å²) in [5, 5.41) is 37.2. The Labute approximate surface area is 126 Å². The summed E-state index contributed by atoms with van der Waals surface area (Å²) >= 11 is 0. The molecule has 5 nitrogen and oxygen atoms in total. The van der Waals surface area contributed by atoms with Gasteiger partial charge in [-0.2, -0.15) is 0 Å². The lowest BCUT2D eigenvalue weighted by molar-refractivity contribution is 0.00838. The highest BCUT2D eigenvalue weighted by atomic mass is 16.3. The fourth-order valence-corrected chi connectivity index (χ4v) is 2.29. The van der Waals surface area contributed by atoms with Gasteiger partial charge in [0.05, 0.1) is 25.4 Å². The maximum absolute atomic E-state index is 9.61. The molecule has 0 radical (unpaired) electrons. The van der Waals surface area contributed by atoms with Crippen molar-refractivity contribution < 1.29 is 20.4 Å². The van der Waals surface area contributed by atoms with Gasteiger partial charge in [-0.1, -0.05) is 30.3 Å². The van der Waals surface area contributed by atoms with Crippen molar-refractivity contribution in [3.05, 3.63) is 35.9 Å². The van der Waals surface area contributed by atoms with Crippen molar-refractivity contribution >= 4 is 0 Å². The van der Waals surface area contributed by atoms with E-state index in [1.807, 2.05) is 30.0 Å². The summed E-state index contributed by atoms with van der Waals surface area (Å²) in [5.41, 5.74) is 1.25. The van der Waals surface area contributed by atoms with Crippen LogP contribution in [0.15, 0.2) is 30.3 Å². The molecule has 0 saturated carbocycles. The standard InChI is InChI=1S/C16H27NO4/c1-13(7-8-14-5-3-2-4-6-14)17(9-15(20)11-18)10-16(21)12-19/h2-6,13,15-16,18-21H,7-12H2,1H3/t13-,15-,16+/m0/s1. The van der Waals surface area contributed by atoms with Gasteiger partial charge in [-0.05, 0) is 25.3 Å². The molecular formula is C16H27NO4. The zero-order valence-electron chi connectivity index (χ0n) is 12.6. The molecule has 0 saturated heterocycles. The molecule has 0 spiro atoms. The van der Waals surface area contributed by atoms with E-state index in [0.29, 0.717) is 0 Å². The molecule has 1 aromatic carbocycles. The van der Waals surface area contributed by atoms with Crippen molar-refractivity contribution in [1.29, 1.82) is 0 Å². The molecule has 0 aromatic heterocycles. The molecule has 0 unspecified atom stereocenters. The minimum absolute atomic E-state index is 0.132. The number of aryl methyl sites for hydroxylation is 1. The second-order valence-electron chi connectivity index (χ2n) is 5.50. The van der Waals surface area contributed by atoms with Crippen LogP contribution >= 0.6 is 0 Å². The van der Waals surface area contributed by atoms with Gasteiger partial charge in [-0.3, -0.25) is 4.90 Å².